The molecule has 0 bridgehead atoms. The summed E-state index contributed by atoms with van der Waals surface area (Å²) in [5, 5.41) is 2.59. The number of nitrogen functional groups attached to an aromatic ring is 1. The molecule has 0 saturated heterocycles. The summed E-state index contributed by atoms with van der Waals surface area (Å²) in [6.45, 7) is 3.86. The van der Waals surface area contributed by atoms with Crippen LogP contribution in [-0.4, -0.2) is 41.9 Å². The van der Waals surface area contributed by atoms with Crippen LogP contribution in [0.1, 0.15) is 13.8 Å². The van der Waals surface area contributed by atoms with Crippen LogP contribution in [0, 0.1) is 5.82 Å². The number of hydrogen-bond acceptors (Lipinski definition) is 4. The highest BCUT2D eigenvalue weighted by Gasteiger charge is 2.22. The van der Waals surface area contributed by atoms with Gasteiger partial charge < -0.3 is 11.1 Å². The number of anilines is 2. The second-order valence-electron chi connectivity index (χ2n) is 4.87. The second kappa shape index (κ2) is 7.50. The molecule has 1 aromatic rings. The van der Waals surface area contributed by atoms with E-state index >= 15 is 0 Å². The van der Waals surface area contributed by atoms with Gasteiger partial charge in [-0.2, -0.15) is 11.8 Å². The van der Waals surface area contributed by atoms with Crippen molar-refractivity contribution in [3.8, 4) is 0 Å². The molecule has 1 aromatic carbocycles. The van der Waals surface area contributed by atoms with Gasteiger partial charge in [-0.15, -0.1) is 0 Å². The molecule has 6 heteroatoms. The topological polar surface area (TPSA) is 58.4 Å². The molecule has 0 aliphatic rings. The van der Waals surface area contributed by atoms with Crippen LogP contribution in [0.3, 0.4) is 0 Å². The second-order valence-corrected chi connectivity index (χ2v) is 5.79. The van der Waals surface area contributed by atoms with Crippen molar-refractivity contribution < 1.29 is 9.18 Å². The lowest BCUT2D eigenvalue weighted by atomic mass is 10.2. The first-order valence-electron chi connectivity index (χ1n) is 6.43. The summed E-state index contributed by atoms with van der Waals surface area (Å²) in [6.07, 6.45) is 2.03. The summed E-state index contributed by atoms with van der Waals surface area (Å²) in [7, 11) is 1.89. The van der Waals surface area contributed by atoms with Crippen molar-refractivity contribution in [2.75, 3.05) is 30.1 Å². The van der Waals surface area contributed by atoms with Crippen molar-refractivity contribution in [1.29, 1.82) is 0 Å². The predicted octanol–water partition coefficient (Wildman–Crippen LogP) is 2.42. The molecule has 0 aromatic heterocycles. The third-order valence-corrected chi connectivity index (χ3v) is 4.16. The molecule has 0 saturated carbocycles. The maximum Gasteiger partial charge on any atom is 0.241 e. The minimum absolute atomic E-state index is 0.118. The Bertz CT molecular complexity index is 470. The number of thioether (sulfide) groups is 1. The number of nitrogens with one attached hydrogen (secondary N) is 1. The Morgan fingerprint density at radius 3 is 2.75 bits per heavy atom. The molecule has 0 radical (unpaired) electrons. The molecule has 0 spiro atoms. The van der Waals surface area contributed by atoms with E-state index in [1.54, 1.807) is 18.7 Å². The molecule has 20 heavy (non-hydrogen) atoms. The SMILES string of the molecule is CSCC(C)N(C)C(C)C(=O)Nc1cc(N)ccc1F. The van der Waals surface area contributed by atoms with E-state index in [1.165, 1.54) is 18.2 Å². The standard InChI is InChI=1S/C14H22FN3OS/c1-9(8-20-4)18(3)10(2)14(19)17-13-7-11(16)5-6-12(13)15/h5-7,9-10H,8,16H2,1-4H3,(H,17,19). The number of amides is 1. The van der Waals surface area contributed by atoms with Gasteiger partial charge in [0.25, 0.3) is 0 Å². The van der Waals surface area contributed by atoms with Crippen LogP contribution < -0.4 is 11.1 Å². The van der Waals surface area contributed by atoms with Crippen molar-refractivity contribution in [3.63, 3.8) is 0 Å². The van der Waals surface area contributed by atoms with Crippen LogP contribution in [0.25, 0.3) is 0 Å². The smallest absolute Gasteiger partial charge is 0.241 e. The molecule has 4 nitrogen and oxygen atoms in total. The number of nitrogens with two attached hydrogens (primary N) is 1. The lowest BCUT2D eigenvalue weighted by Crippen LogP contribution is -2.45. The van der Waals surface area contributed by atoms with Crippen molar-refractivity contribution in [2.45, 2.75) is 25.9 Å². The number of rotatable bonds is 6. The van der Waals surface area contributed by atoms with E-state index < -0.39 is 5.82 Å². The lowest BCUT2D eigenvalue weighted by Gasteiger charge is -2.29. The van der Waals surface area contributed by atoms with Crippen molar-refractivity contribution >= 4 is 29.0 Å². The van der Waals surface area contributed by atoms with E-state index in [9.17, 15) is 9.18 Å². The van der Waals surface area contributed by atoms with Crippen LogP contribution in [0.5, 0.6) is 0 Å². The zero-order valence-electron chi connectivity index (χ0n) is 12.3. The molecular formula is C14H22FN3OS. The lowest BCUT2D eigenvalue weighted by molar-refractivity contribution is -0.120. The van der Waals surface area contributed by atoms with E-state index in [-0.39, 0.29) is 23.7 Å². The fourth-order valence-electron chi connectivity index (χ4n) is 1.80. The van der Waals surface area contributed by atoms with Crippen molar-refractivity contribution in [1.82, 2.24) is 4.90 Å². The van der Waals surface area contributed by atoms with Crippen LogP contribution in [0.2, 0.25) is 0 Å². The minimum atomic E-state index is -0.487. The number of benzene rings is 1. The Morgan fingerprint density at radius 1 is 1.50 bits per heavy atom. The minimum Gasteiger partial charge on any atom is -0.399 e. The molecule has 3 N–H and O–H groups in total. The fourth-order valence-corrected chi connectivity index (χ4v) is 2.52. The van der Waals surface area contributed by atoms with Gasteiger partial charge in [0.05, 0.1) is 11.7 Å². The van der Waals surface area contributed by atoms with Crippen molar-refractivity contribution in [3.05, 3.63) is 24.0 Å². The molecule has 2 unspecified atom stereocenters. The maximum atomic E-state index is 13.6. The van der Waals surface area contributed by atoms with Gasteiger partial charge in [0, 0.05) is 17.5 Å². The summed E-state index contributed by atoms with van der Waals surface area (Å²) in [5.74, 6) is 0.199. The van der Waals surface area contributed by atoms with Gasteiger partial charge >= 0.3 is 0 Å². The van der Waals surface area contributed by atoms with Crippen molar-refractivity contribution in [2.24, 2.45) is 0 Å². The van der Waals surface area contributed by atoms with E-state index in [0.717, 1.165) is 5.75 Å². The molecule has 112 valence electrons. The molecule has 1 rings (SSSR count). The monoisotopic (exact) mass is 299 g/mol. The number of hydrogen-bond donors (Lipinski definition) is 2. The Morgan fingerprint density at radius 2 is 2.15 bits per heavy atom. The summed E-state index contributed by atoms with van der Waals surface area (Å²) in [5.41, 5.74) is 6.13. The molecule has 0 aliphatic carbocycles. The first-order valence-corrected chi connectivity index (χ1v) is 7.83. The number of nitrogens with zero attached hydrogens (tertiary/aromatic N) is 1. The van der Waals surface area contributed by atoms with Crippen LogP contribution >= 0.6 is 11.8 Å². The first kappa shape index (κ1) is 16.8. The molecule has 0 aliphatic heterocycles. The van der Waals surface area contributed by atoms with Crippen LogP contribution in [0.4, 0.5) is 15.8 Å². The van der Waals surface area contributed by atoms with E-state index in [4.69, 9.17) is 5.73 Å². The average molecular weight is 299 g/mol. The third kappa shape index (κ3) is 4.38. The van der Waals surface area contributed by atoms with Gasteiger partial charge in [-0.05, 0) is 45.4 Å². The zero-order valence-corrected chi connectivity index (χ0v) is 13.1. The maximum absolute atomic E-state index is 13.6. The average Bonchev–Trinajstić information content (AvgIpc) is 2.41. The Balaban J connectivity index is 2.72. The molecule has 1 amide bonds. The Kier molecular flexibility index (Phi) is 6.29. The summed E-state index contributed by atoms with van der Waals surface area (Å²) in [6, 6.07) is 4.04. The highest BCUT2D eigenvalue weighted by molar-refractivity contribution is 7.98. The summed E-state index contributed by atoms with van der Waals surface area (Å²) >= 11 is 1.73. The van der Waals surface area contributed by atoms with Gasteiger partial charge in [0.1, 0.15) is 5.82 Å². The highest BCUT2D eigenvalue weighted by atomic mass is 32.2. The van der Waals surface area contributed by atoms with Crippen LogP contribution in [-0.2, 0) is 4.79 Å². The Hall–Kier alpha value is -1.27. The van der Waals surface area contributed by atoms with E-state index in [1.807, 2.05) is 18.2 Å². The number of halogens is 1. The third-order valence-electron chi connectivity index (χ3n) is 3.34. The van der Waals surface area contributed by atoms with Gasteiger partial charge in [-0.25, -0.2) is 4.39 Å². The largest absolute Gasteiger partial charge is 0.399 e. The molecule has 0 fully saturated rings. The Labute approximate surface area is 123 Å². The molecule has 0 heterocycles. The predicted molar refractivity (Wildman–Crippen MR) is 84.5 cm³/mol. The van der Waals surface area contributed by atoms with Gasteiger partial charge in [0.15, 0.2) is 0 Å². The normalized spacial score (nSPS) is 14.1. The van der Waals surface area contributed by atoms with Crippen LogP contribution in [0.15, 0.2) is 18.2 Å². The van der Waals surface area contributed by atoms with E-state index in [0.29, 0.717) is 5.69 Å². The number of carbonyl (C=O) groups excluding carboxylic acids is 1. The molecular weight excluding hydrogens is 277 g/mol. The summed E-state index contributed by atoms with van der Waals surface area (Å²) < 4.78 is 13.6. The highest BCUT2D eigenvalue weighted by Crippen LogP contribution is 2.18. The number of likely N-dealkylation sites (N-methyl/N-ethyl adjacent to an activating group) is 1. The van der Waals surface area contributed by atoms with Gasteiger partial charge in [-0.1, -0.05) is 0 Å². The fraction of sp³-hybridized carbons (Fsp3) is 0.500. The quantitative estimate of drug-likeness (QED) is 0.792. The summed E-state index contributed by atoms with van der Waals surface area (Å²) in [4.78, 5) is 14.1. The zero-order chi connectivity index (χ0) is 15.3. The van der Waals surface area contributed by atoms with E-state index in [2.05, 4.69) is 12.2 Å². The van der Waals surface area contributed by atoms with Gasteiger partial charge in [0.2, 0.25) is 5.91 Å². The first-order chi connectivity index (χ1) is 9.36. The number of carbonyl (C=O) groups is 1. The van der Waals surface area contributed by atoms with Gasteiger partial charge in [-0.3, -0.25) is 9.69 Å². The molecule has 2 atom stereocenters.